The van der Waals surface area contributed by atoms with Crippen LogP contribution in [-0.4, -0.2) is 28.7 Å². The number of amides is 1. The van der Waals surface area contributed by atoms with Crippen LogP contribution >= 0.6 is 46.4 Å². The Hall–Kier alpha value is -1.47. The molecule has 0 aromatic carbocycles. The second-order valence-corrected chi connectivity index (χ2v) is 7.40. The van der Waals surface area contributed by atoms with E-state index >= 15 is 0 Å². The molecule has 0 saturated carbocycles. The lowest BCUT2D eigenvalue weighted by Crippen LogP contribution is -2.27. The van der Waals surface area contributed by atoms with Crippen molar-refractivity contribution in [3.05, 3.63) is 44.9 Å². The van der Waals surface area contributed by atoms with Crippen molar-refractivity contribution in [1.82, 2.24) is 9.97 Å². The average molecular weight is 440 g/mol. The molecular formula is C16H18Cl4N4O2. The van der Waals surface area contributed by atoms with Crippen molar-refractivity contribution >= 4 is 63.9 Å². The number of carbonyl (C=O) groups excluding carboxylic acids is 1. The fourth-order valence-electron chi connectivity index (χ4n) is 1.47. The second kappa shape index (κ2) is 10.0. The van der Waals surface area contributed by atoms with Gasteiger partial charge in [0.1, 0.15) is 15.9 Å². The maximum atomic E-state index is 11.4. The summed E-state index contributed by atoms with van der Waals surface area (Å²) in [6, 6.07) is 3.22. The zero-order valence-electron chi connectivity index (χ0n) is 14.5. The Labute approximate surface area is 172 Å². The Kier molecular flexibility index (Phi) is 8.70. The van der Waals surface area contributed by atoms with E-state index in [9.17, 15) is 4.79 Å². The molecule has 2 heterocycles. The molecule has 2 aromatic heterocycles. The van der Waals surface area contributed by atoms with E-state index in [1.807, 2.05) is 0 Å². The molecule has 2 aromatic rings. The molecule has 0 radical (unpaired) electrons. The van der Waals surface area contributed by atoms with E-state index in [0.717, 1.165) is 5.69 Å². The normalized spacial score (nSPS) is 10.5. The first-order valence-corrected chi connectivity index (χ1v) is 8.83. The minimum absolute atomic E-state index is 0.191. The van der Waals surface area contributed by atoms with Gasteiger partial charge in [0.15, 0.2) is 0 Å². The molecule has 2 rings (SSSR count). The van der Waals surface area contributed by atoms with Crippen LogP contribution in [-0.2, 0) is 4.74 Å². The van der Waals surface area contributed by atoms with Gasteiger partial charge in [-0.25, -0.2) is 14.8 Å². The molecule has 0 aliphatic heterocycles. The topological polar surface area (TPSA) is 76.1 Å². The van der Waals surface area contributed by atoms with Gasteiger partial charge in [0.2, 0.25) is 0 Å². The molecule has 0 bridgehead atoms. The second-order valence-electron chi connectivity index (χ2n) is 5.87. The maximum absolute atomic E-state index is 11.4. The Balaban J connectivity index is 0.000000289. The maximum Gasteiger partial charge on any atom is 0.412 e. The zero-order valence-corrected chi connectivity index (χ0v) is 17.6. The number of ether oxygens (including phenoxy) is 1. The van der Waals surface area contributed by atoms with Gasteiger partial charge >= 0.3 is 6.09 Å². The molecule has 0 unspecified atom stereocenters. The molecular weight excluding hydrogens is 422 g/mol. The van der Waals surface area contributed by atoms with E-state index in [1.165, 1.54) is 12.3 Å². The average Bonchev–Trinajstić information content (AvgIpc) is 2.52. The van der Waals surface area contributed by atoms with Crippen LogP contribution in [0, 0.1) is 0 Å². The van der Waals surface area contributed by atoms with Crippen molar-refractivity contribution in [1.29, 1.82) is 0 Å². The van der Waals surface area contributed by atoms with Crippen LogP contribution in [0.1, 0.15) is 20.8 Å². The summed E-state index contributed by atoms with van der Waals surface area (Å²) in [5.41, 5.74) is 0.742. The van der Waals surface area contributed by atoms with Gasteiger partial charge in [-0.3, -0.25) is 5.32 Å². The fourth-order valence-corrected chi connectivity index (χ4v) is 2.01. The number of nitrogens with zero attached hydrogens (tertiary/aromatic N) is 2. The SMILES string of the molecule is CC(C)(C)OC(=O)Nc1cnc(Cl)c(Cl)c1.CNc1cnc(Cl)c(Cl)c1. The molecule has 10 heteroatoms. The summed E-state index contributed by atoms with van der Waals surface area (Å²) in [7, 11) is 1.79. The molecule has 0 fully saturated rings. The molecule has 0 aliphatic rings. The van der Waals surface area contributed by atoms with Gasteiger partial charge < -0.3 is 10.1 Å². The zero-order chi connectivity index (χ0) is 19.9. The van der Waals surface area contributed by atoms with Gasteiger partial charge in [-0.15, -0.1) is 0 Å². The van der Waals surface area contributed by atoms with E-state index < -0.39 is 11.7 Å². The van der Waals surface area contributed by atoms with E-state index in [0.29, 0.717) is 15.9 Å². The van der Waals surface area contributed by atoms with Crippen LogP contribution in [0.25, 0.3) is 0 Å². The summed E-state index contributed by atoms with van der Waals surface area (Å²) in [6.45, 7) is 5.33. The van der Waals surface area contributed by atoms with Crippen LogP contribution < -0.4 is 10.6 Å². The molecule has 0 saturated heterocycles. The van der Waals surface area contributed by atoms with Gasteiger partial charge in [0, 0.05) is 7.05 Å². The minimum Gasteiger partial charge on any atom is -0.444 e. The number of carbonyl (C=O) groups is 1. The van der Waals surface area contributed by atoms with Crippen LogP contribution in [0.3, 0.4) is 0 Å². The molecule has 142 valence electrons. The monoisotopic (exact) mass is 438 g/mol. The van der Waals surface area contributed by atoms with Crippen molar-refractivity contribution in [2.45, 2.75) is 26.4 Å². The number of hydrogen-bond donors (Lipinski definition) is 2. The summed E-state index contributed by atoms with van der Waals surface area (Å²) in [4.78, 5) is 19.0. The van der Waals surface area contributed by atoms with E-state index in [2.05, 4.69) is 20.6 Å². The molecule has 0 atom stereocenters. The quantitative estimate of drug-likeness (QED) is 0.547. The van der Waals surface area contributed by atoms with Crippen LogP contribution in [0.15, 0.2) is 24.5 Å². The van der Waals surface area contributed by atoms with Crippen molar-refractivity contribution in [3.8, 4) is 0 Å². The largest absolute Gasteiger partial charge is 0.444 e. The first kappa shape index (κ1) is 22.6. The number of pyridine rings is 2. The van der Waals surface area contributed by atoms with E-state index in [1.54, 1.807) is 40.1 Å². The summed E-state index contributed by atoms with van der Waals surface area (Å²) >= 11 is 22.6. The van der Waals surface area contributed by atoms with Crippen molar-refractivity contribution in [2.75, 3.05) is 17.7 Å². The number of nitrogens with one attached hydrogen (secondary N) is 2. The lowest BCUT2D eigenvalue weighted by atomic mass is 10.2. The van der Waals surface area contributed by atoms with Gasteiger partial charge in [-0.1, -0.05) is 46.4 Å². The first-order chi connectivity index (χ1) is 12.0. The minimum atomic E-state index is -0.562. The van der Waals surface area contributed by atoms with Crippen LogP contribution in [0.5, 0.6) is 0 Å². The number of aromatic nitrogens is 2. The van der Waals surface area contributed by atoms with Crippen LogP contribution in [0.2, 0.25) is 20.4 Å². The Morgan fingerprint density at radius 1 is 0.962 bits per heavy atom. The van der Waals surface area contributed by atoms with Gasteiger partial charge in [-0.2, -0.15) is 0 Å². The number of rotatable bonds is 2. The first-order valence-electron chi connectivity index (χ1n) is 7.31. The third-order valence-electron chi connectivity index (χ3n) is 2.53. The Morgan fingerprint density at radius 2 is 1.42 bits per heavy atom. The van der Waals surface area contributed by atoms with E-state index in [-0.39, 0.29) is 10.2 Å². The predicted molar refractivity (Wildman–Crippen MR) is 108 cm³/mol. The predicted octanol–water partition coefficient (Wildman–Crippen LogP) is 6.17. The third-order valence-corrected chi connectivity index (χ3v) is 3.90. The van der Waals surface area contributed by atoms with Crippen molar-refractivity contribution in [3.63, 3.8) is 0 Å². The smallest absolute Gasteiger partial charge is 0.412 e. The Morgan fingerprint density at radius 3 is 1.85 bits per heavy atom. The summed E-state index contributed by atoms with van der Waals surface area (Å²) in [5, 5.41) is 6.65. The highest BCUT2D eigenvalue weighted by Gasteiger charge is 2.16. The van der Waals surface area contributed by atoms with Crippen molar-refractivity contribution < 1.29 is 9.53 Å². The van der Waals surface area contributed by atoms with Gasteiger partial charge in [0.25, 0.3) is 0 Å². The molecule has 26 heavy (non-hydrogen) atoms. The summed E-state index contributed by atoms with van der Waals surface area (Å²) < 4.78 is 5.06. The van der Waals surface area contributed by atoms with Crippen molar-refractivity contribution in [2.24, 2.45) is 0 Å². The summed E-state index contributed by atoms with van der Waals surface area (Å²) in [6.07, 6.45) is 2.46. The van der Waals surface area contributed by atoms with Gasteiger partial charge in [-0.05, 0) is 32.9 Å². The number of hydrogen-bond acceptors (Lipinski definition) is 5. The highest BCUT2D eigenvalue weighted by molar-refractivity contribution is 6.41. The molecule has 0 spiro atoms. The Bertz CT molecular complexity index is 766. The highest BCUT2D eigenvalue weighted by atomic mass is 35.5. The third kappa shape index (κ3) is 8.27. The molecule has 1 amide bonds. The van der Waals surface area contributed by atoms with Crippen LogP contribution in [0.4, 0.5) is 16.2 Å². The fraction of sp³-hybridized carbons (Fsp3) is 0.312. The number of anilines is 2. The molecule has 2 N–H and O–H groups in total. The lowest BCUT2D eigenvalue weighted by molar-refractivity contribution is 0.0636. The molecule has 6 nitrogen and oxygen atoms in total. The number of halogens is 4. The summed E-state index contributed by atoms with van der Waals surface area (Å²) in [5.74, 6) is 0. The standard InChI is InChI=1S/C10H12Cl2N2O2.C6H6Cl2N2/c1-10(2,3)16-9(15)14-6-4-7(11)8(12)13-5-6;1-9-4-2-5(7)6(8)10-3-4/h4-5H,1-3H3,(H,14,15);2-3,9H,1H3. The highest BCUT2D eigenvalue weighted by Crippen LogP contribution is 2.23. The lowest BCUT2D eigenvalue weighted by Gasteiger charge is -2.19. The van der Waals surface area contributed by atoms with E-state index in [4.69, 9.17) is 51.1 Å². The van der Waals surface area contributed by atoms with Gasteiger partial charge in [0.05, 0.1) is 33.8 Å². The molecule has 0 aliphatic carbocycles.